The van der Waals surface area contributed by atoms with E-state index in [1.807, 2.05) is 12.1 Å². The molecule has 202 valence electrons. The first-order valence-electron chi connectivity index (χ1n) is 13.1. The Kier molecular flexibility index (Phi) is 6.40. The van der Waals surface area contributed by atoms with Crippen LogP contribution >= 0.6 is 0 Å². The van der Waals surface area contributed by atoms with E-state index in [1.54, 1.807) is 29.8 Å². The van der Waals surface area contributed by atoms with Crippen molar-refractivity contribution in [1.82, 2.24) is 29.2 Å². The van der Waals surface area contributed by atoms with Gasteiger partial charge in [0.1, 0.15) is 11.0 Å². The normalized spacial score (nSPS) is 20.3. The fourth-order valence-corrected chi connectivity index (χ4v) is 5.06. The molecule has 0 aliphatic carbocycles. The van der Waals surface area contributed by atoms with Gasteiger partial charge in [-0.15, -0.1) is 0 Å². The summed E-state index contributed by atoms with van der Waals surface area (Å²) in [4.78, 5) is 31.7. The van der Waals surface area contributed by atoms with E-state index in [4.69, 9.17) is 0 Å². The molecule has 5 heterocycles. The van der Waals surface area contributed by atoms with Crippen LogP contribution < -0.4 is 15.8 Å². The first-order chi connectivity index (χ1) is 18.8. The van der Waals surface area contributed by atoms with E-state index in [0.717, 1.165) is 37.6 Å². The van der Waals surface area contributed by atoms with Crippen LogP contribution in [0.4, 0.5) is 21.7 Å². The fourth-order valence-electron chi connectivity index (χ4n) is 5.06. The number of anilines is 3. The third kappa shape index (κ3) is 4.90. The Morgan fingerprint density at radius 1 is 1.05 bits per heavy atom. The zero-order valence-corrected chi connectivity index (χ0v) is 22.0. The number of nitrogens with one attached hydrogen (secondary N) is 1. The summed E-state index contributed by atoms with van der Waals surface area (Å²) in [5.74, 6) is 0.314. The van der Waals surface area contributed by atoms with E-state index in [0.29, 0.717) is 23.1 Å². The second-order valence-corrected chi connectivity index (χ2v) is 10.4. The maximum Gasteiger partial charge on any atom is 0.278 e. The molecule has 2 N–H and O–H groups in total. The molecule has 1 fully saturated rings. The molecule has 0 spiro atoms. The summed E-state index contributed by atoms with van der Waals surface area (Å²) in [5.41, 5.74) is 1.02. The van der Waals surface area contributed by atoms with Gasteiger partial charge in [0.2, 0.25) is 5.95 Å². The molecule has 2 aliphatic rings. The number of benzene rings is 1. The summed E-state index contributed by atoms with van der Waals surface area (Å²) in [6.45, 7) is 5.65. The number of piperazine rings is 1. The van der Waals surface area contributed by atoms with Crippen molar-refractivity contribution in [2.45, 2.75) is 31.9 Å². The number of aliphatic hydroxyl groups is 1. The average Bonchev–Trinajstić information content (AvgIpc) is 3.21. The Hall–Kier alpha value is -4.09. The molecule has 11 heteroatoms. The zero-order valence-electron chi connectivity index (χ0n) is 22.0. The molecule has 2 bridgehead atoms. The minimum absolute atomic E-state index is 0.00834. The summed E-state index contributed by atoms with van der Waals surface area (Å²) in [6, 6.07) is 13.3. The van der Waals surface area contributed by atoms with Gasteiger partial charge in [0.15, 0.2) is 11.5 Å². The van der Waals surface area contributed by atoms with Crippen molar-refractivity contribution in [2.24, 2.45) is 0 Å². The molecule has 39 heavy (non-hydrogen) atoms. The van der Waals surface area contributed by atoms with Crippen molar-refractivity contribution in [3.05, 3.63) is 76.6 Å². The second-order valence-electron chi connectivity index (χ2n) is 10.4. The molecule has 0 radical (unpaired) electrons. The van der Waals surface area contributed by atoms with E-state index in [9.17, 15) is 14.3 Å². The van der Waals surface area contributed by atoms with Crippen LogP contribution in [0.3, 0.4) is 0 Å². The number of likely N-dealkylation sites (N-methyl/N-ethyl adjacent to an activating group) is 1. The molecule has 4 aromatic rings. The van der Waals surface area contributed by atoms with Gasteiger partial charge in [-0.3, -0.25) is 4.79 Å². The maximum atomic E-state index is 14.6. The topological polar surface area (TPSA) is 104 Å². The molecule has 1 unspecified atom stereocenters. The number of aromatic nitrogens is 5. The van der Waals surface area contributed by atoms with Crippen molar-refractivity contribution in [3.63, 3.8) is 0 Å². The molecule has 3 aromatic heterocycles. The van der Waals surface area contributed by atoms with E-state index in [-0.39, 0.29) is 30.3 Å². The molecule has 1 saturated heterocycles. The summed E-state index contributed by atoms with van der Waals surface area (Å²) in [5, 5.41) is 14.5. The zero-order chi connectivity index (χ0) is 27.1. The standard InChI is InChI=1S/C28H31FN8O2/c1-28(39)12-10-19(29)11-13-36-26(38)22-18-30-27(33-25(22)37(36)24-5-3-4-23(28)32-24)31-20-6-8-21(9-7-20)35-16-14-34(2)15-17-35/h3-9,11,18,39H,10,12-17H2,1-2H3,(H,30,31,33). The smallest absolute Gasteiger partial charge is 0.278 e. The number of pyridine rings is 1. The predicted molar refractivity (Wildman–Crippen MR) is 148 cm³/mol. The molecule has 2 aliphatic heterocycles. The second kappa shape index (κ2) is 9.90. The Balaban J connectivity index is 1.38. The number of halogens is 1. The monoisotopic (exact) mass is 530 g/mol. The van der Waals surface area contributed by atoms with Gasteiger partial charge >= 0.3 is 0 Å². The molecular formula is C28H31FN8O2. The summed E-state index contributed by atoms with van der Waals surface area (Å²) in [6.07, 6.45) is 3.04. The van der Waals surface area contributed by atoms with Crippen molar-refractivity contribution in [1.29, 1.82) is 0 Å². The van der Waals surface area contributed by atoms with Crippen LogP contribution in [0, 0.1) is 0 Å². The molecule has 0 amide bonds. The Morgan fingerprint density at radius 3 is 2.59 bits per heavy atom. The number of fused-ring (bicyclic) bond motifs is 6. The van der Waals surface area contributed by atoms with Crippen LogP contribution in [-0.4, -0.2) is 67.5 Å². The van der Waals surface area contributed by atoms with Crippen molar-refractivity contribution < 1.29 is 9.50 Å². The number of hydrogen-bond acceptors (Lipinski definition) is 8. The van der Waals surface area contributed by atoms with E-state index < -0.39 is 11.4 Å². The predicted octanol–water partition coefficient (Wildman–Crippen LogP) is 3.33. The van der Waals surface area contributed by atoms with Crippen molar-refractivity contribution >= 4 is 28.4 Å². The molecule has 1 atom stereocenters. The highest BCUT2D eigenvalue weighted by molar-refractivity contribution is 5.77. The van der Waals surface area contributed by atoms with Gasteiger partial charge in [0, 0.05) is 50.2 Å². The van der Waals surface area contributed by atoms with Crippen LogP contribution in [-0.2, 0) is 12.1 Å². The first-order valence-corrected chi connectivity index (χ1v) is 13.1. The van der Waals surface area contributed by atoms with E-state index in [2.05, 4.69) is 49.2 Å². The maximum absolute atomic E-state index is 14.6. The lowest BCUT2D eigenvalue weighted by Crippen LogP contribution is -2.44. The lowest BCUT2D eigenvalue weighted by molar-refractivity contribution is 0.0421. The third-order valence-corrected chi connectivity index (χ3v) is 7.51. The molecule has 10 nitrogen and oxygen atoms in total. The van der Waals surface area contributed by atoms with Gasteiger partial charge < -0.3 is 20.2 Å². The lowest BCUT2D eigenvalue weighted by atomic mass is 9.95. The van der Waals surface area contributed by atoms with Gasteiger partial charge in [-0.05, 0) is 62.9 Å². The van der Waals surface area contributed by atoms with Gasteiger partial charge in [0.05, 0.1) is 18.1 Å². The van der Waals surface area contributed by atoms with Crippen LogP contribution in [0.25, 0.3) is 16.9 Å². The van der Waals surface area contributed by atoms with E-state index >= 15 is 0 Å². The van der Waals surface area contributed by atoms with Crippen molar-refractivity contribution in [3.8, 4) is 5.82 Å². The Labute approximate surface area is 225 Å². The molecule has 1 aromatic carbocycles. The number of allylic oxidation sites excluding steroid dienone is 2. The highest BCUT2D eigenvalue weighted by atomic mass is 19.1. The number of rotatable bonds is 3. The highest BCUT2D eigenvalue weighted by Gasteiger charge is 2.27. The summed E-state index contributed by atoms with van der Waals surface area (Å²) in [7, 11) is 2.14. The number of nitrogens with zero attached hydrogens (tertiary/aromatic N) is 7. The summed E-state index contributed by atoms with van der Waals surface area (Å²) < 4.78 is 17.6. The Bertz CT molecular complexity index is 1600. The SMILES string of the molecule is CN1CCN(c2ccc(Nc3ncc4c(=O)n5n(c4n3)-c3cccc(n3)C(C)(O)CCC(F)=CC5)cc2)CC1. The fraction of sp³-hybridized carbons (Fsp3) is 0.357. The number of hydrogen-bond donors (Lipinski definition) is 2. The summed E-state index contributed by atoms with van der Waals surface area (Å²) >= 11 is 0. The Morgan fingerprint density at radius 2 is 1.82 bits per heavy atom. The van der Waals surface area contributed by atoms with Crippen LogP contribution in [0.1, 0.15) is 25.5 Å². The average molecular weight is 531 g/mol. The van der Waals surface area contributed by atoms with Gasteiger partial charge in [-0.2, -0.15) is 4.98 Å². The van der Waals surface area contributed by atoms with Crippen LogP contribution in [0.15, 0.2) is 65.4 Å². The third-order valence-electron chi connectivity index (χ3n) is 7.51. The first kappa shape index (κ1) is 25.2. The minimum atomic E-state index is -1.34. The van der Waals surface area contributed by atoms with Gasteiger partial charge in [0.25, 0.3) is 5.56 Å². The highest BCUT2D eigenvalue weighted by Crippen LogP contribution is 2.29. The lowest BCUT2D eigenvalue weighted by Gasteiger charge is -2.34. The quantitative estimate of drug-likeness (QED) is 0.416. The van der Waals surface area contributed by atoms with Gasteiger partial charge in [-0.1, -0.05) is 6.07 Å². The van der Waals surface area contributed by atoms with Crippen LogP contribution in [0.5, 0.6) is 0 Å². The van der Waals surface area contributed by atoms with Crippen molar-refractivity contribution in [2.75, 3.05) is 43.4 Å². The van der Waals surface area contributed by atoms with E-state index in [1.165, 1.54) is 17.0 Å². The molecule has 0 saturated carbocycles. The van der Waals surface area contributed by atoms with Gasteiger partial charge in [-0.25, -0.2) is 23.7 Å². The molecule has 6 rings (SSSR count). The molecular weight excluding hydrogens is 499 g/mol. The largest absolute Gasteiger partial charge is 0.384 e. The van der Waals surface area contributed by atoms with Crippen LogP contribution in [0.2, 0.25) is 0 Å². The minimum Gasteiger partial charge on any atom is -0.384 e.